The molecular formula is C21H17F2NO. The minimum atomic E-state index is -2.54. The number of oxime groups is 1. The van der Waals surface area contributed by atoms with Crippen LogP contribution in [0.3, 0.4) is 0 Å². The first-order chi connectivity index (χ1) is 12.3. The Morgan fingerprint density at radius 2 is 1.52 bits per heavy atom. The summed E-state index contributed by atoms with van der Waals surface area (Å²) >= 11 is 0. The molecular weight excluding hydrogens is 320 g/mol. The second-order valence-corrected chi connectivity index (χ2v) is 5.46. The van der Waals surface area contributed by atoms with E-state index in [-0.39, 0.29) is 12.2 Å². The molecule has 0 spiro atoms. The van der Waals surface area contributed by atoms with Gasteiger partial charge >= 0.3 is 0 Å². The van der Waals surface area contributed by atoms with Gasteiger partial charge in [-0.3, -0.25) is 0 Å². The van der Waals surface area contributed by atoms with Crippen LogP contribution in [0.2, 0.25) is 0 Å². The number of hydrogen-bond donors (Lipinski definition) is 0. The summed E-state index contributed by atoms with van der Waals surface area (Å²) in [6.45, 7) is 0.262. The van der Waals surface area contributed by atoms with Crippen molar-refractivity contribution in [1.82, 2.24) is 0 Å². The average molecular weight is 337 g/mol. The fourth-order valence-electron chi connectivity index (χ4n) is 2.57. The lowest BCUT2D eigenvalue weighted by atomic mass is 10.0. The summed E-state index contributed by atoms with van der Waals surface area (Å²) in [5.74, 6) is 0. The van der Waals surface area contributed by atoms with Gasteiger partial charge in [0.25, 0.3) is 6.43 Å². The van der Waals surface area contributed by atoms with Gasteiger partial charge in [0.15, 0.2) is 0 Å². The van der Waals surface area contributed by atoms with Gasteiger partial charge in [0, 0.05) is 11.1 Å². The maximum atomic E-state index is 12.9. The van der Waals surface area contributed by atoms with E-state index in [4.69, 9.17) is 4.84 Å². The average Bonchev–Trinajstić information content (AvgIpc) is 2.66. The Kier molecular flexibility index (Phi) is 5.52. The predicted octanol–water partition coefficient (Wildman–Crippen LogP) is 5.84. The molecule has 0 radical (unpaired) electrons. The SMILES string of the molecule is FC(F)c1ccccc1C=NOCc1ccccc1-c1ccccc1. The zero-order chi connectivity index (χ0) is 17.5. The van der Waals surface area contributed by atoms with Gasteiger partial charge in [-0.2, -0.15) is 0 Å². The van der Waals surface area contributed by atoms with E-state index in [2.05, 4.69) is 5.16 Å². The van der Waals surface area contributed by atoms with E-state index in [0.717, 1.165) is 16.7 Å². The monoisotopic (exact) mass is 337 g/mol. The van der Waals surface area contributed by atoms with Gasteiger partial charge in [0.2, 0.25) is 0 Å². The highest BCUT2D eigenvalue weighted by molar-refractivity contribution is 5.81. The molecule has 0 fully saturated rings. The number of nitrogens with zero attached hydrogens (tertiary/aromatic N) is 1. The van der Waals surface area contributed by atoms with Crippen LogP contribution in [0.1, 0.15) is 23.1 Å². The van der Waals surface area contributed by atoms with Gasteiger partial charge in [0.05, 0.1) is 6.21 Å². The summed E-state index contributed by atoms with van der Waals surface area (Å²) < 4.78 is 25.9. The molecule has 2 nitrogen and oxygen atoms in total. The van der Waals surface area contributed by atoms with Crippen LogP contribution in [0.4, 0.5) is 8.78 Å². The fourth-order valence-corrected chi connectivity index (χ4v) is 2.57. The van der Waals surface area contributed by atoms with Gasteiger partial charge in [-0.15, -0.1) is 0 Å². The highest BCUT2D eigenvalue weighted by Gasteiger charge is 2.10. The van der Waals surface area contributed by atoms with Crippen molar-refractivity contribution in [3.63, 3.8) is 0 Å². The van der Waals surface area contributed by atoms with Crippen molar-refractivity contribution >= 4 is 6.21 Å². The largest absolute Gasteiger partial charge is 0.391 e. The molecule has 25 heavy (non-hydrogen) atoms. The van der Waals surface area contributed by atoms with Gasteiger partial charge in [-0.05, 0) is 16.7 Å². The van der Waals surface area contributed by atoms with Gasteiger partial charge in [0.1, 0.15) is 6.61 Å². The Hall–Kier alpha value is -3.01. The van der Waals surface area contributed by atoms with Crippen LogP contribution >= 0.6 is 0 Å². The van der Waals surface area contributed by atoms with Gasteiger partial charge in [-0.1, -0.05) is 84.0 Å². The zero-order valence-electron chi connectivity index (χ0n) is 13.5. The maximum absolute atomic E-state index is 12.9. The minimum Gasteiger partial charge on any atom is -0.391 e. The first-order valence-electron chi connectivity index (χ1n) is 7.91. The molecule has 0 aliphatic carbocycles. The first kappa shape index (κ1) is 16.8. The van der Waals surface area contributed by atoms with E-state index >= 15 is 0 Å². The third kappa shape index (κ3) is 4.29. The maximum Gasteiger partial charge on any atom is 0.264 e. The summed E-state index contributed by atoms with van der Waals surface area (Å²) in [6.07, 6.45) is -1.21. The second kappa shape index (κ2) is 8.20. The number of alkyl halides is 2. The highest BCUT2D eigenvalue weighted by atomic mass is 19.3. The number of hydrogen-bond acceptors (Lipinski definition) is 2. The molecule has 0 aromatic heterocycles. The number of halogens is 2. The summed E-state index contributed by atoms with van der Waals surface area (Å²) in [4.78, 5) is 5.35. The summed E-state index contributed by atoms with van der Waals surface area (Å²) in [6, 6.07) is 24.1. The van der Waals surface area contributed by atoms with Crippen LogP contribution in [0.25, 0.3) is 11.1 Å². The lowest BCUT2D eigenvalue weighted by molar-refractivity contribution is 0.132. The molecule has 0 amide bonds. The van der Waals surface area contributed by atoms with Gasteiger partial charge in [-0.25, -0.2) is 8.78 Å². The topological polar surface area (TPSA) is 21.6 Å². The van der Waals surface area contributed by atoms with Crippen LogP contribution < -0.4 is 0 Å². The molecule has 3 aromatic carbocycles. The molecule has 126 valence electrons. The Morgan fingerprint density at radius 3 is 2.32 bits per heavy atom. The Balaban J connectivity index is 1.71. The minimum absolute atomic E-state index is 0.0560. The van der Waals surface area contributed by atoms with Crippen molar-refractivity contribution in [2.24, 2.45) is 5.16 Å². The lowest BCUT2D eigenvalue weighted by Gasteiger charge is -2.08. The Bertz CT molecular complexity index is 847. The zero-order valence-corrected chi connectivity index (χ0v) is 13.5. The van der Waals surface area contributed by atoms with Crippen molar-refractivity contribution in [2.45, 2.75) is 13.0 Å². The van der Waals surface area contributed by atoms with Crippen molar-refractivity contribution < 1.29 is 13.6 Å². The smallest absolute Gasteiger partial charge is 0.264 e. The predicted molar refractivity (Wildman–Crippen MR) is 95.7 cm³/mol. The normalized spacial score (nSPS) is 11.2. The van der Waals surface area contributed by atoms with Crippen LogP contribution in [-0.2, 0) is 11.4 Å². The van der Waals surface area contributed by atoms with Crippen molar-refractivity contribution in [1.29, 1.82) is 0 Å². The fraction of sp³-hybridized carbons (Fsp3) is 0.0952. The summed E-state index contributed by atoms with van der Waals surface area (Å²) in [7, 11) is 0. The molecule has 0 bridgehead atoms. The molecule has 0 unspecified atom stereocenters. The van der Waals surface area contributed by atoms with E-state index in [1.54, 1.807) is 18.2 Å². The Morgan fingerprint density at radius 1 is 0.840 bits per heavy atom. The molecule has 0 saturated carbocycles. The third-order valence-corrected chi connectivity index (χ3v) is 3.82. The number of rotatable bonds is 6. The molecule has 0 aliphatic rings. The summed E-state index contributed by atoms with van der Waals surface area (Å²) in [5.41, 5.74) is 3.43. The molecule has 0 saturated heterocycles. The van der Waals surface area contributed by atoms with E-state index in [1.165, 1.54) is 12.3 Å². The van der Waals surface area contributed by atoms with Crippen molar-refractivity contribution in [3.8, 4) is 11.1 Å². The lowest BCUT2D eigenvalue weighted by Crippen LogP contribution is -1.95. The van der Waals surface area contributed by atoms with Crippen LogP contribution in [-0.4, -0.2) is 6.21 Å². The standard InChI is InChI=1S/C21H17F2NO/c22-21(23)20-13-7-4-10-17(20)14-24-25-15-18-11-5-6-12-19(18)16-8-2-1-3-9-16/h1-14,21H,15H2. The molecule has 0 aliphatic heterocycles. The number of benzene rings is 3. The highest BCUT2D eigenvalue weighted by Crippen LogP contribution is 2.24. The summed E-state index contributed by atoms with van der Waals surface area (Å²) in [5, 5.41) is 3.86. The first-order valence-corrected chi connectivity index (χ1v) is 7.91. The van der Waals surface area contributed by atoms with Crippen LogP contribution in [0.5, 0.6) is 0 Å². The molecule has 0 N–H and O–H groups in total. The van der Waals surface area contributed by atoms with Crippen molar-refractivity contribution in [2.75, 3.05) is 0 Å². The van der Waals surface area contributed by atoms with Crippen LogP contribution in [0, 0.1) is 0 Å². The van der Waals surface area contributed by atoms with Gasteiger partial charge < -0.3 is 4.84 Å². The molecule has 3 aromatic rings. The molecule has 4 heteroatoms. The van der Waals surface area contributed by atoms with E-state index in [9.17, 15) is 8.78 Å². The van der Waals surface area contributed by atoms with E-state index in [0.29, 0.717) is 5.56 Å². The molecule has 0 atom stereocenters. The van der Waals surface area contributed by atoms with Crippen molar-refractivity contribution in [3.05, 3.63) is 95.6 Å². The van der Waals surface area contributed by atoms with E-state index in [1.807, 2.05) is 54.6 Å². The quantitative estimate of drug-likeness (QED) is 0.409. The molecule has 3 rings (SSSR count). The third-order valence-electron chi connectivity index (χ3n) is 3.82. The Labute approximate surface area is 145 Å². The molecule has 0 heterocycles. The second-order valence-electron chi connectivity index (χ2n) is 5.46. The van der Waals surface area contributed by atoms with Crippen LogP contribution in [0.15, 0.2) is 84.0 Å². The van der Waals surface area contributed by atoms with E-state index < -0.39 is 6.43 Å².